The summed E-state index contributed by atoms with van der Waals surface area (Å²) in [7, 11) is 0. The molecular formula is C14H24N2O4. The molecule has 0 heterocycles. The SMILES string of the molecule is CC1(C(=O)O)CCCC1NC(=O)N(CCO)C1CCC1. The van der Waals surface area contributed by atoms with Gasteiger partial charge in [0.15, 0.2) is 0 Å². The third kappa shape index (κ3) is 2.75. The van der Waals surface area contributed by atoms with E-state index in [2.05, 4.69) is 5.32 Å². The molecule has 0 saturated heterocycles. The minimum absolute atomic E-state index is 0.0647. The summed E-state index contributed by atoms with van der Waals surface area (Å²) in [5, 5.41) is 21.3. The average Bonchev–Trinajstić information content (AvgIpc) is 2.69. The molecule has 20 heavy (non-hydrogen) atoms. The largest absolute Gasteiger partial charge is 0.481 e. The van der Waals surface area contributed by atoms with Crippen molar-refractivity contribution in [3.8, 4) is 0 Å². The summed E-state index contributed by atoms with van der Waals surface area (Å²) in [5.74, 6) is -0.849. The Morgan fingerprint density at radius 3 is 2.50 bits per heavy atom. The van der Waals surface area contributed by atoms with E-state index in [4.69, 9.17) is 5.11 Å². The monoisotopic (exact) mass is 284 g/mol. The lowest BCUT2D eigenvalue weighted by molar-refractivity contribution is -0.148. The topological polar surface area (TPSA) is 89.9 Å². The highest BCUT2D eigenvalue weighted by Gasteiger charge is 2.46. The normalized spacial score (nSPS) is 29.8. The fourth-order valence-corrected chi connectivity index (χ4v) is 3.14. The molecule has 0 bridgehead atoms. The molecule has 0 radical (unpaired) electrons. The number of aliphatic hydroxyl groups is 1. The van der Waals surface area contributed by atoms with E-state index in [9.17, 15) is 14.7 Å². The van der Waals surface area contributed by atoms with Gasteiger partial charge in [-0.15, -0.1) is 0 Å². The van der Waals surface area contributed by atoms with Crippen molar-refractivity contribution in [2.24, 2.45) is 5.41 Å². The Hall–Kier alpha value is -1.30. The van der Waals surface area contributed by atoms with Gasteiger partial charge in [0, 0.05) is 18.6 Å². The highest BCUT2D eigenvalue weighted by atomic mass is 16.4. The Kier molecular flexibility index (Phi) is 4.52. The lowest BCUT2D eigenvalue weighted by atomic mass is 9.85. The van der Waals surface area contributed by atoms with Crippen molar-refractivity contribution in [1.82, 2.24) is 10.2 Å². The molecule has 2 amide bonds. The molecule has 2 unspecified atom stereocenters. The van der Waals surface area contributed by atoms with Crippen LogP contribution in [0.4, 0.5) is 4.79 Å². The van der Waals surface area contributed by atoms with Crippen LogP contribution in [-0.4, -0.2) is 52.3 Å². The summed E-state index contributed by atoms with van der Waals surface area (Å²) in [4.78, 5) is 25.4. The molecule has 0 aromatic rings. The first-order valence-electron chi connectivity index (χ1n) is 7.40. The van der Waals surface area contributed by atoms with E-state index in [1.165, 1.54) is 0 Å². The lowest BCUT2D eigenvalue weighted by Crippen LogP contribution is -2.55. The van der Waals surface area contributed by atoms with Crippen LogP contribution in [0.5, 0.6) is 0 Å². The number of aliphatic hydroxyl groups excluding tert-OH is 1. The molecule has 2 aliphatic rings. The number of amides is 2. The Labute approximate surface area is 119 Å². The fourth-order valence-electron chi connectivity index (χ4n) is 3.14. The van der Waals surface area contributed by atoms with Crippen LogP contribution in [0.25, 0.3) is 0 Å². The first-order chi connectivity index (χ1) is 9.49. The van der Waals surface area contributed by atoms with Gasteiger partial charge in [0.25, 0.3) is 0 Å². The number of nitrogens with zero attached hydrogens (tertiary/aromatic N) is 1. The van der Waals surface area contributed by atoms with Crippen molar-refractivity contribution in [2.75, 3.05) is 13.2 Å². The van der Waals surface area contributed by atoms with E-state index in [0.29, 0.717) is 19.4 Å². The van der Waals surface area contributed by atoms with E-state index < -0.39 is 11.4 Å². The van der Waals surface area contributed by atoms with Crippen LogP contribution in [0.3, 0.4) is 0 Å². The van der Waals surface area contributed by atoms with Crippen LogP contribution in [0.1, 0.15) is 45.4 Å². The smallest absolute Gasteiger partial charge is 0.317 e. The Morgan fingerprint density at radius 2 is 2.00 bits per heavy atom. The first-order valence-corrected chi connectivity index (χ1v) is 7.40. The average molecular weight is 284 g/mol. The van der Waals surface area contributed by atoms with Crippen molar-refractivity contribution in [2.45, 2.75) is 57.5 Å². The van der Waals surface area contributed by atoms with Crippen molar-refractivity contribution in [3.05, 3.63) is 0 Å². The fraction of sp³-hybridized carbons (Fsp3) is 0.857. The van der Waals surface area contributed by atoms with Crippen molar-refractivity contribution in [1.29, 1.82) is 0 Å². The van der Waals surface area contributed by atoms with Gasteiger partial charge < -0.3 is 20.4 Å². The zero-order valence-corrected chi connectivity index (χ0v) is 12.0. The molecule has 114 valence electrons. The predicted octanol–water partition coefficient (Wildman–Crippen LogP) is 1.19. The highest BCUT2D eigenvalue weighted by Crippen LogP contribution is 2.38. The van der Waals surface area contributed by atoms with Crippen LogP contribution in [-0.2, 0) is 4.79 Å². The Balaban J connectivity index is 2.00. The minimum Gasteiger partial charge on any atom is -0.481 e. The van der Waals surface area contributed by atoms with Crippen LogP contribution in [0.15, 0.2) is 0 Å². The number of carboxylic acids is 1. The number of nitrogens with one attached hydrogen (secondary N) is 1. The van der Waals surface area contributed by atoms with Crippen molar-refractivity contribution in [3.63, 3.8) is 0 Å². The third-order valence-electron chi connectivity index (χ3n) is 4.86. The van der Waals surface area contributed by atoms with Gasteiger partial charge in [-0.1, -0.05) is 6.42 Å². The molecule has 2 fully saturated rings. The Bertz CT molecular complexity index is 383. The number of hydrogen-bond donors (Lipinski definition) is 3. The second-order valence-corrected chi connectivity index (χ2v) is 6.12. The lowest BCUT2D eigenvalue weighted by Gasteiger charge is -2.39. The van der Waals surface area contributed by atoms with Gasteiger partial charge in [-0.25, -0.2) is 4.79 Å². The molecule has 3 N–H and O–H groups in total. The van der Waals surface area contributed by atoms with Gasteiger partial charge in [0.05, 0.1) is 12.0 Å². The number of aliphatic carboxylic acids is 1. The van der Waals surface area contributed by atoms with Gasteiger partial charge in [-0.05, 0) is 39.0 Å². The molecule has 2 rings (SSSR count). The molecule has 0 aromatic carbocycles. The van der Waals surface area contributed by atoms with E-state index in [-0.39, 0.29) is 24.7 Å². The molecule has 2 saturated carbocycles. The number of urea groups is 1. The maximum atomic E-state index is 12.3. The van der Waals surface area contributed by atoms with E-state index in [1.54, 1.807) is 11.8 Å². The molecule has 6 heteroatoms. The maximum Gasteiger partial charge on any atom is 0.317 e. The van der Waals surface area contributed by atoms with Crippen LogP contribution < -0.4 is 5.32 Å². The summed E-state index contributed by atoms with van der Waals surface area (Å²) in [6.07, 6.45) is 5.15. The predicted molar refractivity (Wildman–Crippen MR) is 73.3 cm³/mol. The molecular weight excluding hydrogens is 260 g/mol. The van der Waals surface area contributed by atoms with E-state index in [0.717, 1.165) is 25.7 Å². The third-order valence-corrected chi connectivity index (χ3v) is 4.86. The van der Waals surface area contributed by atoms with Crippen molar-refractivity contribution >= 4 is 12.0 Å². The number of carboxylic acid groups (broad SMARTS) is 1. The number of rotatable bonds is 5. The summed E-state index contributed by atoms with van der Waals surface area (Å²) < 4.78 is 0. The molecule has 6 nitrogen and oxygen atoms in total. The maximum absolute atomic E-state index is 12.3. The van der Waals surface area contributed by atoms with Crippen LogP contribution >= 0.6 is 0 Å². The van der Waals surface area contributed by atoms with Gasteiger partial charge >= 0.3 is 12.0 Å². The standard InChI is InChI=1S/C14H24N2O4/c1-14(12(18)19)7-3-6-11(14)15-13(20)16(8-9-17)10-4-2-5-10/h10-11,17H,2-9H2,1H3,(H,15,20)(H,18,19). The van der Waals surface area contributed by atoms with E-state index in [1.807, 2.05) is 0 Å². The van der Waals surface area contributed by atoms with Gasteiger partial charge in [0.2, 0.25) is 0 Å². The van der Waals surface area contributed by atoms with Gasteiger partial charge in [-0.2, -0.15) is 0 Å². The number of hydrogen-bond acceptors (Lipinski definition) is 3. The molecule has 2 aliphatic carbocycles. The van der Waals surface area contributed by atoms with Gasteiger partial charge in [-0.3, -0.25) is 4.79 Å². The first kappa shape index (κ1) is 15.1. The molecule has 0 aromatic heterocycles. The number of carbonyl (C=O) groups excluding carboxylic acids is 1. The zero-order chi connectivity index (χ0) is 14.8. The van der Waals surface area contributed by atoms with Crippen LogP contribution in [0.2, 0.25) is 0 Å². The summed E-state index contributed by atoms with van der Waals surface area (Å²) in [5.41, 5.74) is -0.875. The zero-order valence-electron chi connectivity index (χ0n) is 12.0. The summed E-state index contributed by atoms with van der Waals surface area (Å²) >= 11 is 0. The Morgan fingerprint density at radius 1 is 1.30 bits per heavy atom. The molecule has 2 atom stereocenters. The second-order valence-electron chi connectivity index (χ2n) is 6.12. The number of carbonyl (C=O) groups is 2. The summed E-state index contributed by atoms with van der Waals surface area (Å²) in [6, 6.07) is -0.364. The summed E-state index contributed by atoms with van der Waals surface area (Å²) in [6.45, 7) is 1.95. The quantitative estimate of drug-likeness (QED) is 0.707. The minimum atomic E-state index is -0.875. The molecule has 0 aliphatic heterocycles. The van der Waals surface area contributed by atoms with Crippen LogP contribution in [0, 0.1) is 5.41 Å². The second kappa shape index (κ2) is 5.99. The van der Waals surface area contributed by atoms with Crippen molar-refractivity contribution < 1.29 is 19.8 Å². The molecule has 0 spiro atoms. The van der Waals surface area contributed by atoms with E-state index >= 15 is 0 Å². The highest BCUT2D eigenvalue weighted by molar-refractivity contribution is 5.79. The van der Waals surface area contributed by atoms with Gasteiger partial charge in [0.1, 0.15) is 0 Å².